The molecule has 0 bridgehead atoms. The highest BCUT2D eigenvalue weighted by molar-refractivity contribution is 7.10. The van der Waals surface area contributed by atoms with E-state index < -0.39 is 5.60 Å². The zero-order valence-corrected chi connectivity index (χ0v) is 10.0. The summed E-state index contributed by atoms with van der Waals surface area (Å²) in [5.41, 5.74) is -0.664. The Hall–Kier alpha value is -0.380. The Labute approximate surface area is 95.3 Å². The molecule has 2 N–H and O–H groups in total. The molecular formula is C12H19NOS. The SMILES string of the molecule is CC(O)(CC1CCCCN1)c1cccs1. The van der Waals surface area contributed by atoms with Gasteiger partial charge in [0.05, 0.1) is 5.60 Å². The van der Waals surface area contributed by atoms with Gasteiger partial charge in [0.25, 0.3) is 0 Å². The minimum Gasteiger partial charge on any atom is -0.385 e. The normalized spacial score (nSPS) is 26.1. The van der Waals surface area contributed by atoms with Crippen molar-refractivity contribution in [3.05, 3.63) is 22.4 Å². The van der Waals surface area contributed by atoms with Crippen LogP contribution in [-0.2, 0) is 5.60 Å². The lowest BCUT2D eigenvalue weighted by Crippen LogP contribution is -2.39. The molecule has 2 atom stereocenters. The molecule has 3 heteroatoms. The molecule has 1 fully saturated rings. The van der Waals surface area contributed by atoms with Crippen LogP contribution in [0.1, 0.15) is 37.5 Å². The van der Waals surface area contributed by atoms with Crippen LogP contribution in [-0.4, -0.2) is 17.7 Å². The van der Waals surface area contributed by atoms with Crippen LogP contribution in [0, 0.1) is 0 Å². The minimum absolute atomic E-state index is 0.482. The summed E-state index contributed by atoms with van der Waals surface area (Å²) in [7, 11) is 0. The van der Waals surface area contributed by atoms with Crippen molar-refractivity contribution in [1.29, 1.82) is 0 Å². The summed E-state index contributed by atoms with van der Waals surface area (Å²) in [6.45, 7) is 3.03. The molecule has 0 aromatic carbocycles. The van der Waals surface area contributed by atoms with Gasteiger partial charge in [-0.1, -0.05) is 12.5 Å². The number of aliphatic hydroxyl groups is 1. The number of piperidine rings is 1. The Kier molecular flexibility index (Phi) is 3.44. The quantitative estimate of drug-likeness (QED) is 0.828. The Bertz CT molecular complexity index is 289. The van der Waals surface area contributed by atoms with Gasteiger partial charge in [-0.05, 0) is 44.2 Å². The molecule has 2 rings (SSSR count). The second-order valence-electron chi connectivity index (χ2n) is 4.60. The highest BCUT2D eigenvalue weighted by Crippen LogP contribution is 2.31. The summed E-state index contributed by atoms with van der Waals surface area (Å²) in [6.07, 6.45) is 4.59. The molecule has 1 aromatic rings. The van der Waals surface area contributed by atoms with Gasteiger partial charge in [-0.25, -0.2) is 0 Å². The molecule has 1 aromatic heterocycles. The van der Waals surface area contributed by atoms with Crippen molar-refractivity contribution in [3.8, 4) is 0 Å². The Morgan fingerprint density at radius 2 is 2.47 bits per heavy atom. The monoisotopic (exact) mass is 225 g/mol. The van der Waals surface area contributed by atoms with Gasteiger partial charge in [-0.3, -0.25) is 0 Å². The predicted octanol–water partition coefficient (Wildman–Crippen LogP) is 2.49. The van der Waals surface area contributed by atoms with Crippen LogP contribution in [0.15, 0.2) is 17.5 Å². The molecule has 2 heterocycles. The van der Waals surface area contributed by atoms with E-state index in [0.717, 1.165) is 17.8 Å². The second-order valence-corrected chi connectivity index (χ2v) is 5.55. The van der Waals surface area contributed by atoms with E-state index in [4.69, 9.17) is 0 Å². The number of hydrogen-bond acceptors (Lipinski definition) is 3. The molecule has 1 aliphatic rings. The van der Waals surface area contributed by atoms with Crippen molar-refractivity contribution in [2.45, 2.75) is 44.2 Å². The maximum atomic E-state index is 10.4. The molecular weight excluding hydrogens is 206 g/mol. The van der Waals surface area contributed by atoms with Crippen LogP contribution in [0.5, 0.6) is 0 Å². The molecule has 0 radical (unpaired) electrons. The summed E-state index contributed by atoms with van der Waals surface area (Å²) in [5, 5.41) is 15.9. The lowest BCUT2D eigenvalue weighted by Gasteiger charge is -2.30. The van der Waals surface area contributed by atoms with Crippen molar-refractivity contribution < 1.29 is 5.11 Å². The Balaban J connectivity index is 1.97. The van der Waals surface area contributed by atoms with E-state index in [9.17, 15) is 5.11 Å². The molecule has 2 unspecified atom stereocenters. The van der Waals surface area contributed by atoms with Gasteiger partial charge in [-0.2, -0.15) is 0 Å². The van der Waals surface area contributed by atoms with Crippen molar-refractivity contribution in [3.63, 3.8) is 0 Å². The minimum atomic E-state index is -0.664. The second kappa shape index (κ2) is 4.64. The van der Waals surface area contributed by atoms with E-state index >= 15 is 0 Å². The molecule has 2 nitrogen and oxygen atoms in total. The third-order valence-corrected chi connectivity index (χ3v) is 4.23. The van der Waals surface area contributed by atoms with Crippen LogP contribution < -0.4 is 5.32 Å². The number of hydrogen-bond donors (Lipinski definition) is 2. The topological polar surface area (TPSA) is 32.3 Å². The van der Waals surface area contributed by atoms with Crippen molar-refractivity contribution in [2.24, 2.45) is 0 Å². The molecule has 1 saturated heterocycles. The zero-order chi connectivity index (χ0) is 10.7. The van der Waals surface area contributed by atoms with Crippen molar-refractivity contribution in [1.82, 2.24) is 5.32 Å². The highest BCUT2D eigenvalue weighted by atomic mass is 32.1. The molecule has 0 saturated carbocycles. The first-order chi connectivity index (χ1) is 7.18. The smallest absolute Gasteiger partial charge is 0.0974 e. The largest absolute Gasteiger partial charge is 0.385 e. The van der Waals surface area contributed by atoms with Gasteiger partial charge in [0.2, 0.25) is 0 Å². The van der Waals surface area contributed by atoms with E-state index in [1.54, 1.807) is 11.3 Å². The van der Waals surface area contributed by atoms with E-state index in [1.807, 2.05) is 24.4 Å². The molecule has 15 heavy (non-hydrogen) atoms. The van der Waals surface area contributed by atoms with Crippen LogP contribution >= 0.6 is 11.3 Å². The fourth-order valence-corrected chi connectivity index (χ4v) is 3.06. The first-order valence-electron chi connectivity index (χ1n) is 5.68. The van der Waals surface area contributed by atoms with Gasteiger partial charge >= 0.3 is 0 Å². The lowest BCUT2D eigenvalue weighted by atomic mass is 9.91. The van der Waals surface area contributed by atoms with Crippen molar-refractivity contribution in [2.75, 3.05) is 6.54 Å². The van der Waals surface area contributed by atoms with Crippen LogP contribution in [0.2, 0.25) is 0 Å². The highest BCUT2D eigenvalue weighted by Gasteiger charge is 2.28. The molecule has 0 aliphatic carbocycles. The van der Waals surface area contributed by atoms with Gasteiger partial charge in [0.1, 0.15) is 0 Å². The molecule has 1 aliphatic heterocycles. The average Bonchev–Trinajstić information content (AvgIpc) is 2.71. The van der Waals surface area contributed by atoms with E-state index in [0.29, 0.717) is 6.04 Å². The number of rotatable bonds is 3. The maximum Gasteiger partial charge on any atom is 0.0974 e. The standard InChI is InChI=1S/C12H19NOS/c1-12(14,11-6-4-8-15-11)9-10-5-2-3-7-13-10/h4,6,8,10,13-14H,2-3,5,7,9H2,1H3. The third kappa shape index (κ3) is 2.80. The van der Waals surface area contributed by atoms with Crippen molar-refractivity contribution >= 4 is 11.3 Å². The summed E-state index contributed by atoms with van der Waals surface area (Å²) in [6, 6.07) is 4.51. The number of nitrogens with one attached hydrogen (secondary N) is 1. The van der Waals surface area contributed by atoms with Gasteiger partial charge < -0.3 is 10.4 Å². The first-order valence-corrected chi connectivity index (χ1v) is 6.56. The summed E-state index contributed by atoms with van der Waals surface area (Å²) < 4.78 is 0. The summed E-state index contributed by atoms with van der Waals surface area (Å²) >= 11 is 1.64. The Morgan fingerprint density at radius 1 is 1.60 bits per heavy atom. The number of thiophene rings is 1. The maximum absolute atomic E-state index is 10.4. The average molecular weight is 225 g/mol. The molecule has 0 amide bonds. The van der Waals surface area contributed by atoms with Gasteiger partial charge in [0.15, 0.2) is 0 Å². The third-order valence-electron chi connectivity index (χ3n) is 3.11. The predicted molar refractivity (Wildman–Crippen MR) is 64.1 cm³/mol. The lowest BCUT2D eigenvalue weighted by molar-refractivity contribution is 0.0368. The van der Waals surface area contributed by atoms with Crippen LogP contribution in [0.4, 0.5) is 0 Å². The van der Waals surface area contributed by atoms with E-state index in [-0.39, 0.29) is 0 Å². The van der Waals surface area contributed by atoms with Crippen LogP contribution in [0.25, 0.3) is 0 Å². The fraction of sp³-hybridized carbons (Fsp3) is 0.667. The van der Waals surface area contributed by atoms with Gasteiger partial charge in [0, 0.05) is 10.9 Å². The molecule has 0 spiro atoms. The Morgan fingerprint density at radius 3 is 3.07 bits per heavy atom. The first kappa shape index (κ1) is 11.1. The van der Waals surface area contributed by atoms with Gasteiger partial charge in [-0.15, -0.1) is 11.3 Å². The van der Waals surface area contributed by atoms with E-state index in [1.165, 1.54) is 19.3 Å². The van der Waals surface area contributed by atoms with Crippen LogP contribution in [0.3, 0.4) is 0 Å². The zero-order valence-electron chi connectivity index (χ0n) is 9.20. The van der Waals surface area contributed by atoms with E-state index in [2.05, 4.69) is 5.32 Å². The summed E-state index contributed by atoms with van der Waals surface area (Å²) in [5.74, 6) is 0. The fourth-order valence-electron chi connectivity index (χ4n) is 2.26. The molecule has 84 valence electrons. The summed E-state index contributed by atoms with van der Waals surface area (Å²) in [4.78, 5) is 1.08.